The molecule has 8 N–H and O–H groups in total. The average molecular weight is 258 g/mol. The van der Waals surface area contributed by atoms with E-state index in [9.17, 15) is 0 Å². The van der Waals surface area contributed by atoms with E-state index in [1.54, 1.807) is 0 Å². The second-order valence-corrected chi connectivity index (χ2v) is 3.60. The molecule has 0 aliphatic carbocycles. The summed E-state index contributed by atoms with van der Waals surface area (Å²) in [6.07, 6.45) is 0. The van der Waals surface area contributed by atoms with E-state index in [1.165, 1.54) is 0 Å². The third kappa shape index (κ3) is 284. The summed E-state index contributed by atoms with van der Waals surface area (Å²) in [5.41, 5.74) is 0. The summed E-state index contributed by atoms with van der Waals surface area (Å²) in [5, 5.41) is 0. The minimum absolute atomic E-state index is 0. The number of hydrogen-bond donors (Lipinski definition) is 8. The monoisotopic (exact) mass is 258 g/mol. The van der Waals surface area contributed by atoms with Gasteiger partial charge in [-0.2, -0.15) is 0 Å². The molecular weight excluding hydrogens is 247 g/mol. The van der Waals surface area contributed by atoms with Gasteiger partial charge in [0.15, 0.2) is 0 Å². The quantitative estimate of drug-likeness (QED) is 0.199. The van der Waals surface area contributed by atoms with Crippen LogP contribution in [0.4, 0.5) is 0 Å². The molecule has 0 bridgehead atoms. The van der Waals surface area contributed by atoms with Gasteiger partial charge in [0.25, 0.3) is 0 Å². The number of rotatable bonds is 0. The van der Waals surface area contributed by atoms with E-state index in [0.717, 1.165) is 0 Å². The Bertz CT molecular complexity index is 60.0. The van der Waals surface area contributed by atoms with Gasteiger partial charge in [0, 0.05) is 0 Å². The van der Waals surface area contributed by atoms with Gasteiger partial charge in [-0.25, -0.2) is 0 Å². The molecule has 0 rings (SSSR count). The van der Waals surface area contributed by atoms with Crippen molar-refractivity contribution in [1.82, 2.24) is 0 Å². The van der Waals surface area contributed by atoms with Gasteiger partial charge in [-0.1, -0.05) is 0 Å². The molecule has 12 heavy (non-hydrogen) atoms. The Hall–Kier alpha value is 2.37. The first kappa shape index (κ1) is 23.9. The van der Waals surface area contributed by atoms with Crippen LogP contribution < -0.4 is 0 Å². The number of hydrogen-bond acceptors (Lipinski definition) is 8. The predicted molar refractivity (Wildman–Crippen MR) is 45.0 cm³/mol. The van der Waals surface area contributed by atoms with Crippen molar-refractivity contribution < 1.29 is 38.4 Å². The van der Waals surface area contributed by atoms with Crippen LogP contribution >= 0.6 is 0 Å². The molecule has 0 radical (unpaired) electrons. The summed E-state index contributed by atoms with van der Waals surface area (Å²) in [7, 11) is -9.22. The van der Waals surface area contributed by atoms with Crippen LogP contribution in [0, 0.1) is 0 Å². The second-order valence-electron chi connectivity index (χ2n) is 1.20. The Balaban J connectivity index is -0.0000000457. The topological polar surface area (TPSA) is 162 Å². The van der Waals surface area contributed by atoms with E-state index in [-0.39, 0.29) is 67.3 Å². The zero-order chi connectivity index (χ0) is 9.00. The summed E-state index contributed by atoms with van der Waals surface area (Å²) in [5.74, 6) is 0. The Morgan fingerprint density at radius 1 is 0.500 bits per heavy atom. The molecule has 8 nitrogen and oxygen atoms in total. The van der Waals surface area contributed by atoms with Crippen molar-refractivity contribution >= 4 is 85.4 Å². The van der Waals surface area contributed by atoms with Crippen molar-refractivity contribution in [2.45, 2.75) is 0 Å². The van der Waals surface area contributed by atoms with Crippen LogP contribution in [0.1, 0.15) is 0 Å². The molecule has 0 spiro atoms. The summed E-state index contributed by atoms with van der Waals surface area (Å²) in [6.45, 7) is 0. The van der Waals surface area contributed by atoms with Crippen LogP contribution in [-0.4, -0.2) is 124 Å². The van der Waals surface area contributed by atoms with Crippen molar-refractivity contribution in [1.29, 1.82) is 0 Å². The van der Waals surface area contributed by atoms with Crippen LogP contribution in [-0.2, 0) is 0 Å². The van der Waals surface area contributed by atoms with Gasteiger partial charge in [-0.15, -0.1) is 0 Å². The summed E-state index contributed by atoms with van der Waals surface area (Å²) in [4.78, 5) is 58.6. The van der Waals surface area contributed by atoms with E-state index in [2.05, 4.69) is 0 Å². The molecule has 0 heterocycles. The van der Waals surface area contributed by atoms with Crippen molar-refractivity contribution in [3.8, 4) is 0 Å². The van der Waals surface area contributed by atoms with Gasteiger partial charge in [0.05, 0.1) is 0 Å². The van der Waals surface area contributed by atoms with Crippen molar-refractivity contribution in [3.05, 3.63) is 0 Å². The van der Waals surface area contributed by atoms with Crippen LogP contribution in [0.15, 0.2) is 0 Å². The molecule has 0 unspecified atom stereocenters. The van der Waals surface area contributed by atoms with E-state index < -0.39 is 18.1 Å². The van der Waals surface area contributed by atoms with Crippen LogP contribution in [0.5, 0.6) is 0 Å². The van der Waals surface area contributed by atoms with Gasteiger partial charge >= 0.3 is 85.4 Å². The SMILES string of the molecule is O[Si](O)(O)O.O[Si](O)(O)O.[CaH2].[NaH]. The van der Waals surface area contributed by atoms with Crippen molar-refractivity contribution in [3.63, 3.8) is 0 Å². The Labute approximate surface area is 122 Å². The fourth-order valence-corrected chi connectivity index (χ4v) is 0. The molecular formula is H11CaNaO8Si2. The standard InChI is InChI=1S/Ca.Na.2H4O4Si.3H/c;;2*1-5(2,3)4;;;/h;;2*1-4H;;;. The fourth-order valence-electron chi connectivity index (χ4n) is 0. The normalized spacial score (nSPS) is 10.0. The van der Waals surface area contributed by atoms with Crippen molar-refractivity contribution in [2.75, 3.05) is 0 Å². The summed E-state index contributed by atoms with van der Waals surface area (Å²) in [6, 6.07) is 0. The van der Waals surface area contributed by atoms with Gasteiger partial charge in [0.2, 0.25) is 0 Å². The predicted octanol–water partition coefficient (Wildman–Crippen LogP) is -6.78. The van der Waals surface area contributed by atoms with E-state index >= 15 is 0 Å². The molecule has 0 atom stereocenters. The maximum atomic E-state index is 7.33. The fraction of sp³-hybridized carbons (Fsp3) is 0. The molecule has 0 aliphatic heterocycles. The Kier molecular flexibility index (Phi) is 19.7. The average Bonchev–Trinajstić information content (AvgIpc) is 1.12. The molecule has 0 fully saturated rings. The molecule has 0 saturated carbocycles. The van der Waals surface area contributed by atoms with Gasteiger partial charge in [-0.3, -0.25) is 0 Å². The van der Waals surface area contributed by atoms with E-state index in [1.807, 2.05) is 0 Å². The molecule has 0 saturated heterocycles. The third-order valence-corrected chi connectivity index (χ3v) is 0. The third-order valence-electron chi connectivity index (χ3n) is 0. The van der Waals surface area contributed by atoms with E-state index in [0.29, 0.717) is 0 Å². The molecule has 0 aliphatic rings. The molecule has 12 heteroatoms. The molecule has 0 amide bonds. The summed E-state index contributed by atoms with van der Waals surface area (Å²) < 4.78 is 0. The van der Waals surface area contributed by atoms with E-state index in [4.69, 9.17) is 38.4 Å². The van der Waals surface area contributed by atoms with Gasteiger partial charge in [-0.05, 0) is 0 Å². The zero-order valence-corrected chi connectivity index (χ0v) is 6.58. The molecule has 0 aromatic heterocycles. The second kappa shape index (κ2) is 9.91. The van der Waals surface area contributed by atoms with Crippen LogP contribution in [0.2, 0.25) is 0 Å². The van der Waals surface area contributed by atoms with Crippen molar-refractivity contribution in [2.24, 2.45) is 0 Å². The molecule has 70 valence electrons. The molecule has 0 aromatic rings. The first-order valence-electron chi connectivity index (χ1n) is 1.79. The first-order chi connectivity index (χ1) is 4.00. The zero-order valence-electron chi connectivity index (χ0n) is 4.58. The van der Waals surface area contributed by atoms with Crippen LogP contribution in [0.25, 0.3) is 0 Å². The Morgan fingerprint density at radius 2 is 0.500 bits per heavy atom. The Morgan fingerprint density at radius 3 is 0.500 bits per heavy atom. The molecule has 0 aromatic carbocycles. The maximum absolute atomic E-state index is 7.33. The first-order valence-corrected chi connectivity index (χ1v) is 5.37. The van der Waals surface area contributed by atoms with Crippen LogP contribution in [0.3, 0.4) is 0 Å². The summed E-state index contributed by atoms with van der Waals surface area (Å²) >= 11 is 0. The van der Waals surface area contributed by atoms with Gasteiger partial charge < -0.3 is 38.4 Å². The minimum atomic E-state index is -4.61. The van der Waals surface area contributed by atoms with Gasteiger partial charge in [0.1, 0.15) is 0 Å².